The highest BCUT2D eigenvalue weighted by molar-refractivity contribution is 6.31. The van der Waals surface area contributed by atoms with Crippen molar-refractivity contribution in [3.8, 4) is 0 Å². The van der Waals surface area contributed by atoms with Crippen molar-refractivity contribution in [2.24, 2.45) is 0 Å². The average molecular weight is 305 g/mol. The van der Waals surface area contributed by atoms with Gasteiger partial charge in [-0.1, -0.05) is 41.9 Å². The number of nitrogens with one attached hydrogen (secondary N) is 1. The van der Waals surface area contributed by atoms with Crippen LogP contribution in [0.2, 0.25) is 5.02 Å². The van der Waals surface area contributed by atoms with E-state index < -0.39 is 5.54 Å². The molecular formula is C16H17ClN2O2. The van der Waals surface area contributed by atoms with Crippen LogP contribution >= 0.6 is 11.6 Å². The van der Waals surface area contributed by atoms with Gasteiger partial charge in [0.15, 0.2) is 0 Å². The predicted molar refractivity (Wildman–Crippen MR) is 84.2 cm³/mol. The Kier molecular flexibility index (Phi) is 4.50. The molecule has 0 radical (unpaired) electrons. The molecule has 1 atom stereocenters. The number of carbonyl (C=O) groups excluding carboxylic acids is 1. The summed E-state index contributed by atoms with van der Waals surface area (Å²) in [6, 6.07) is 14.0. The zero-order chi connectivity index (χ0) is 15.5. The van der Waals surface area contributed by atoms with Crippen LogP contribution in [0.15, 0.2) is 48.5 Å². The Morgan fingerprint density at radius 1 is 1.29 bits per heavy atom. The van der Waals surface area contributed by atoms with Gasteiger partial charge in [0.1, 0.15) is 0 Å². The molecule has 0 saturated heterocycles. The van der Waals surface area contributed by atoms with Crippen molar-refractivity contribution in [2.75, 3.05) is 12.3 Å². The van der Waals surface area contributed by atoms with Gasteiger partial charge in [0.05, 0.1) is 17.7 Å². The smallest absolute Gasteiger partial charge is 0.254 e. The van der Waals surface area contributed by atoms with Gasteiger partial charge in [0.25, 0.3) is 5.91 Å². The summed E-state index contributed by atoms with van der Waals surface area (Å²) in [6.07, 6.45) is 0. The molecule has 1 amide bonds. The minimum Gasteiger partial charge on any atom is -0.398 e. The maximum absolute atomic E-state index is 12.4. The zero-order valence-electron chi connectivity index (χ0n) is 11.6. The second kappa shape index (κ2) is 6.16. The number of amides is 1. The van der Waals surface area contributed by atoms with Crippen LogP contribution in [0.3, 0.4) is 0 Å². The third-order valence-electron chi connectivity index (χ3n) is 3.37. The van der Waals surface area contributed by atoms with Gasteiger partial charge in [-0.05, 0) is 30.7 Å². The van der Waals surface area contributed by atoms with E-state index in [0.717, 1.165) is 5.56 Å². The van der Waals surface area contributed by atoms with Crippen molar-refractivity contribution >= 4 is 23.2 Å². The summed E-state index contributed by atoms with van der Waals surface area (Å²) in [7, 11) is 0. The first kappa shape index (κ1) is 15.4. The molecule has 4 N–H and O–H groups in total. The monoisotopic (exact) mass is 304 g/mol. The van der Waals surface area contributed by atoms with E-state index in [1.54, 1.807) is 19.1 Å². The number of hydrogen-bond acceptors (Lipinski definition) is 3. The summed E-state index contributed by atoms with van der Waals surface area (Å²) in [5.74, 6) is -0.357. The highest BCUT2D eigenvalue weighted by Crippen LogP contribution is 2.23. The van der Waals surface area contributed by atoms with Gasteiger partial charge in [0, 0.05) is 10.7 Å². The SMILES string of the molecule is CC(CO)(NC(=O)c1ccc(Cl)cc1N)c1ccccc1. The molecular weight excluding hydrogens is 288 g/mol. The van der Waals surface area contributed by atoms with Crippen LogP contribution in [0, 0.1) is 0 Å². The third kappa shape index (κ3) is 3.35. The lowest BCUT2D eigenvalue weighted by atomic mass is 9.92. The van der Waals surface area contributed by atoms with Crippen LogP contribution in [0.1, 0.15) is 22.8 Å². The average Bonchev–Trinajstić information content (AvgIpc) is 2.47. The van der Waals surface area contributed by atoms with E-state index >= 15 is 0 Å². The number of nitrogen functional groups attached to an aromatic ring is 1. The Morgan fingerprint density at radius 2 is 1.95 bits per heavy atom. The number of anilines is 1. The number of rotatable bonds is 4. The molecule has 0 aliphatic rings. The normalized spacial score (nSPS) is 13.5. The first-order valence-corrected chi connectivity index (χ1v) is 6.88. The molecule has 0 aromatic heterocycles. The van der Waals surface area contributed by atoms with E-state index in [1.165, 1.54) is 6.07 Å². The van der Waals surface area contributed by atoms with Crippen LogP contribution in [-0.4, -0.2) is 17.6 Å². The molecule has 5 heteroatoms. The minimum absolute atomic E-state index is 0.226. The molecule has 110 valence electrons. The first-order valence-electron chi connectivity index (χ1n) is 6.50. The molecule has 0 aliphatic heterocycles. The maximum atomic E-state index is 12.4. The summed E-state index contributed by atoms with van der Waals surface area (Å²) in [5.41, 5.74) is 6.37. The van der Waals surface area contributed by atoms with E-state index in [2.05, 4.69) is 5.32 Å². The molecule has 0 heterocycles. The molecule has 2 rings (SSSR count). The van der Waals surface area contributed by atoms with E-state index in [1.807, 2.05) is 30.3 Å². The van der Waals surface area contributed by atoms with Crippen LogP contribution in [-0.2, 0) is 5.54 Å². The number of benzene rings is 2. The predicted octanol–water partition coefficient (Wildman–Crippen LogP) is 2.56. The summed E-state index contributed by atoms with van der Waals surface area (Å²) in [5, 5.41) is 13.0. The van der Waals surface area contributed by atoms with Crippen molar-refractivity contribution in [2.45, 2.75) is 12.5 Å². The van der Waals surface area contributed by atoms with Crippen LogP contribution in [0.4, 0.5) is 5.69 Å². The van der Waals surface area contributed by atoms with Crippen LogP contribution in [0.5, 0.6) is 0 Å². The molecule has 4 nitrogen and oxygen atoms in total. The number of nitrogens with two attached hydrogens (primary N) is 1. The van der Waals surface area contributed by atoms with Crippen LogP contribution in [0.25, 0.3) is 0 Å². The lowest BCUT2D eigenvalue weighted by molar-refractivity contribution is 0.0850. The van der Waals surface area contributed by atoms with Gasteiger partial charge in [-0.25, -0.2) is 0 Å². The van der Waals surface area contributed by atoms with Gasteiger partial charge in [0.2, 0.25) is 0 Å². The van der Waals surface area contributed by atoms with E-state index in [4.69, 9.17) is 17.3 Å². The Morgan fingerprint density at radius 3 is 2.52 bits per heavy atom. The second-order valence-electron chi connectivity index (χ2n) is 5.04. The van der Waals surface area contributed by atoms with Crippen molar-refractivity contribution in [1.82, 2.24) is 5.32 Å². The van der Waals surface area contributed by atoms with E-state index in [-0.39, 0.29) is 12.5 Å². The fraction of sp³-hybridized carbons (Fsp3) is 0.188. The maximum Gasteiger partial charge on any atom is 0.254 e. The number of carbonyl (C=O) groups is 1. The molecule has 0 bridgehead atoms. The fourth-order valence-electron chi connectivity index (χ4n) is 2.07. The second-order valence-corrected chi connectivity index (χ2v) is 5.48. The number of aliphatic hydroxyl groups excluding tert-OH is 1. The third-order valence-corrected chi connectivity index (χ3v) is 3.61. The lowest BCUT2D eigenvalue weighted by Gasteiger charge is -2.29. The minimum atomic E-state index is -0.885. The quantitative estimate of drug-likeness (QED) is 0.760. The topological polar surface area (TPSA) is 75.3 Å². The number of halogens is 1. The van der Waals surface area contributed by atoms with E-state index in [0.29, 0.717) is 16.3 Å². The molecule has 21 heavy (non-hydrogen) atoms. The van der Waals surface area contributed by atoms with E-state index in [9.17, 15) is 9.90 Å². The Hall–Kier alpha value is -2.04. The Labute approximate surface area is 128 Å². The van der Waals surface area contributed by atoms with Crippen LogP contribution < -0.4 is 11.1 Å². The molecule has 0 fully saturated rings. The van der Waals surface area contributed by atoms with Gasteiger partial charge in [-0.3, -0.25) is 4.79 Å². The molecule has 0 saturated carbocycles. The standard InChI is InChI=1S/C16H17ClN2O2/c1-16(10-20,11-5-3-2-4-6-11)19-15(21)13-8-7-12(17)9-14(13)18/h2-9,20H,10,18H2,1H3,(H,19,21). The summed E-state index contributed by atoms with van der Waals surface area (Å²) < 4.78 is 0. The lowest BCUT2D eigenvalue weighted by Crippen LogP contribution is -2.46. The molecule has 2 aromatic carbocycles. The highest BCUT2D eigenvalue weighted by Gasteiger charge is 2.28. The molecule has 0 aliphatic carbocycles. The molecule has 1 unspecified atom stereocenters. The van der Waals surface area contributed by atoms with Crippen molar-refractivity contribution in [1.29, 1.82) is 0 Å². The van der Waals surface area contributed by atoms with Gasteiger partial charge in [-0.2, -0.15) is 0 Å². The molecule has 2 aromatic rings. The van der Waals surface area contributed by atoms with Gasteiger partial charge in [-0.15, -0.1) is 0 Å². The summed E-state index contributed by atoms with van der Waals surface area (Å²) >= 11 is 5.83. The Bertz CT molecular complexity index is 646. The van der Waals surface area contributed by atoms with Gasteiger partial charge < -0.3 is 16.2 Å². The van der Waals surface area contributed by atoms with Gasteiger partial charge >= 0.3 is 0 Å². The van der Waals surface area contributed by atoms with Crippen molar-refractivity contribution < 1.29 is 9.90 Å². The highest BCUT2D eigenvalue weighted by atomic mass is 35.5. The molecule has 0 spiro atoms. The number of aliphatic hydroxyl groups is 1. The largest absolute Gasteiger partial charge is 0.398 e. The summed E-state index contributed by atoms with van der Waals surface area (Å²) in [4.78, 5) is 12.4. The summed E-state index contributed by atoms with van der Waals surface area (Å²) in [6.45, 7) is 1.53. The van der Waals surface area contributed by atoms with Crippen molar-refractivity contribution in [3.63, 3.8) is 0 Å². The fourth-order valence-corrected chi connectivity index (χ4v) is 2.25. The van der Waals surface area contributed by atoms with Crippen molar-refractivity contribution in [3.05, 3.63) is 64.7 Å². The number of hydrogen-bond donors (Lipinski definition) is 3. The zero-order valence-corrected chi connectivity index (χ0v) is 12.4. The Balaban J connectivity index is 2.28. The first-order chi connectivity index (χ1) is 9.96.